The maximum Gasteiger partial charge on any atom is 0.389 e. The van der Waals surface area contributed by atoms with Gasteiger partial charge in [0.25, 0.3) is 0 Å². The summed E-state index contributed by atoms with van der Waals surface area (Å²) in [6, 6.07) is -1.47. The van der Waals surface area contributed by atoms with Crippen molar-refractivity contribution < 1.29 is 31.5 Å². The SMILES string of the molecule is O=C(O)[C@H](Cc1cnc[nH]1)NS(=O)(=O)CCCC(F)(F)F. The Balaban J connectivity index is 2.59. The lowest BCUT2D eigenvalue weighted by molar-refractivity contribution is -0.139. The summed E-state index contributed by atoms with van der Waals surface area (Å²) in [5.74, 6) is -2.22. The number of alkyl halides is 3. The average Bonchev–Trinajstić information content (AvgIpc) is 2.78. The van der Waals surface area contributed by atoms with Gasteiger partial charge in [-0.2, -0.15) is 13.2 Å². The van der Waals surface area contributed by atoms with Gasteiger partial charge < -0.3 is 10.1 Å². The molecule has 21 heavy (non-hydrogen) atoms. The maximum atomic E-state index is 12.0. The lowest BCUT2D eigenvalue weighted by Crippen LogP contribution is -2.43. The molecule has 0 aliphatic rings. The van der Waals surface area contributed by atoms with E-state index >= 15 is 0 Å². The smallest absolute Gasteiger partial charge is 0.389 e. The molecule has 0 radical (unpaired) electrons. The van der Waals surface area contributed by atoms with Crippen molar-refractivity contribution in [2.45, 2.75) is 31.5 Å². The van der Waals surface area contributed by atoms with Crippen molar-refractivity contribution in [3.05, 3.63) is 18.2 Å². The molecule has 1 atom stereocenters. The van der Waals surface area contributed by atoms with Crippen molar-refractivity contribution in [3.63, 3.8) is 0 Å². The highest BCUT2D eigenvalue weighted by molar-refractivity contribution is 7.89. The summed E-state index contributed by atoms with van der Waals surface area (Å²) < 4.78 is 60.9. The fourth-order valence-electron chi connectivity index (χ4n) is 1.53. The number of imidazole rings is 1. The van der Waals surface area contributed by atoms with Crippen LogP contribution in [0.3, 0.4) is 0 Å². The van der Waals surface area contributed by atoms with Crippen molar-refractivity contribution in [1.82, 2.24) is 14.7 Å². The molecule has 0 aliphatic carbocycles. The number of nitrogens with one attached hydrogen (secondary N) is 2. The number of carboxylic acids is 1. The van der Waals surface area contributed by atoms with Crippen LogP contribution >= 0.6 is 0 Å². The average molecular weight is 329 g/mol. The quantitative estimate of drug-likeness (QED) is 0.649. The minimum atomic E-state index is -4.45. The summed E-state index contributed by atoms with van der Waals surface area (Å²) >= 11 is 0. The molecule has 120 valence electrons. The van der Waals surface area contributed by atoms with Crippen LogP contribution in [0.5, 0.6) is 0 Å². The minimum absolute atomic E-state index is 0.187. The zero-order valence-corrected chi connectivity index (χ0v) is 11.5. The van der Waals surface area contributed by atoms with Gasteiger partial charge in [0, 0.05) is 24.7 Å². The van der Waals surface area contributed by atoms with Crippen molar-refractivity contribution in [2.75, 3.05) is 5.75 Å². The van der Waals surface area contributed by atoms with E-state index in [-0.39, 0.29) is 6.42 Å². The predicted molar refractivity (Wildman–Crippen MR) is 65.9 cm³/mol. The molecule has 0 fully saturated rings. The van der Waals surface area contributed by atoms with Crippen molar-refractivity contribution in [1.29, 1.82) is 0 Å². The predicted octanol–water partition coefficient (Wildman–Crippen LogP) is 0.667. The molecule has 1 rings (SSSR count). The topological polar surface area (TPSA) is 112 Å². The highest BCUT2D eigenvalue weighted by Gasteiger charge is 2.29. The molecule has 11 heteroatoms. The first kappa shape index (κ1) is 17.4. The van der Waals surface area contributed by atoms with E-state index in [2.05, 4.69) is 9.97 Å². The van der Waals surface area contributed by atoms with Gasteiger partial charge in [-0.1, -0.05) is 0 Å². The summed E-state index contributed by atoms with van der Waals surface area (Å²) in [6.07, 6.45) is -3.88. The van der Waals surface area contributed by atoms with Gasteiger partial charge in [0.05, 0.1) is 12.1 Å². The number of H-pyrrole nitrogens is 1. The Morgan fingerprint density at radius 1 is 1.48 bits per heavy atom. The normalized spacial score (nSPS) is 14.0. The maximum absolute atomic E-state index is 12.0. The second-order valence-electron chi connectivity index (χ2n) is 4.33. The number of sulfonamides is 1. The van der Waals surface area contributed by atoms with Gasteiger partial charge in [0.15, 0.2) is 0 Å². The first-order valence-electron chi connectivity index (χ1n) is 5.86. The molecule has 0 spiro atoms. The summed E-state index contributed by atoms with van der Waals surface area (Å²) in [5.41, 5.74) is 0.389. The van der Waals surface area contributed by atoms with Crippen LogP contribution < -0.4 is 4.72 Å². The molecule has 1 aromatic heterocycles. The van der Waals surface area contributed by atoms with E-state index in [0.29, 0.717) is 5.69 Å². The number of nitrogens with zero attached hydrogens (tertiary/aromatic N) is 1. The lowest BCUT2D eigenvalue weighted by atomic mass is 10.2. The van der Waals surface area contributed by atoms with Crippen LogP contribution in [0.1, 0.15) is 18.5 Å². The molecule has 1 aromatic rings. The molecule has 0 saturated heterocycles. The van der Waals surface area contributed by atoms with Gasteiger partial charge in [-0.05, 0) is 6.42 Å². The first-order valence-corrected chi connectivity index (χ1v) is 7.51. The Labute approximate surface area is 118 Å². The highest BCUT2D eigenvalue weighted by atomic mass is 32.2. The number of aromatic amines is 1. The van der Waals surface area contributed by atoms with Crippen LogP contribution in [0.25, 0.3) is 0 Å². The van der Waals surface area contributed by atoms with E-state index in [1.165, 1.54) is 12.5 Å². The van der Waals surface area contributed by atoms with Crippen molar-refractivity contribution in [3.8, 4) is 0 Å². The van der Waals surface area contributed by atoms with E-state index in [1.807, 2.05) is 4.72 Å². The summed E-state index contributed by atoms with van der Waals surface area (Å²) in [5, 5.41) is 8.95. The Bertz CT molecular complexity index is 557. The third kappa shape index (κ3) is 7.09. The minimum Gasteiger partial charge on any atom is -0.480 e. The number of halogens is 3. The fraction of sp³-hybridized carbons (Fsp3) is 0.600. The molecule has 0 bridgehead atoms. The number of aliphatic carboxylic acids is 1. The molecule has 7 nitrogen and oxygen atoms in total. The van der Waals surface area contributed by atoms with Crippen molar-refractivity contribution in [2.24, 2.45) is 0 Å². The molecule has 0 aromatic carbocycles. The van der Waals surface area contributed by atoms with E-state index < -0.39 is 46.8 Å². The van der Waals surface area contributed by atoms with Gasteiger partial charge in [-0.3, -0.25) is 4.79 Å². The standard InChI is InChI=1S/C10H14F3N3O4S/c11-10(12,13)2-1-3-21(19,20)16-8(9(17)18)4-7-5-14-6-15-7/h5-6,8,16H,1-4H2,(H,14,15)(H,17,18)/t8-/m0/s1. The van der Waals surface area contributed by atoms with Crippen molar-refractivity contribution >= 4 is 16.0 Å². The Morgan fingerprint density at radius 3 is 2.62 bits per heavy atom. The van der Waals surface area contributed by atoms with Crippen LogP contribution in [-0.4, -0.2) is 47.4 Å². The van der Waals surface area contributed by atoms with Crippen LogP contribution in [-0.2, 0) is 21.2 Å². The molecule has 0 aliphatic heterocycles. The first-order chi connectivity index (χ1) is 9.59. The third-order valence-electron chi connectivity index (χ3n) is 2.47. The number of rotatable bonds is 8. The fourth-order valence-corrected chi connectivity index (χ4v) is 2.79. The van der Waals surface area contributed by atoms with E-state index in [9.17, 15) is 26.4 Å². The number of hydrogen-bond acceptors (Lipinski definition) is 4. The zero-order chi connectivity index (χ0) is 16.1. The number of carbonyl (C=O) groups is 1. The molecular formula is C10H14F3N3O4S. The Hall–Kier alpha value is -1.62. The lowest BCUT2D eigenvalue weighted by Gasteiger charge is -2.14. The van der Waals surface area contributed by atoms with Gasteiger partial charge >= 0.3 is 12.1 Å². The van der Waals surface area contributed by atoms with Crippen LogP contribution in [0.4, 0.5) is 13.2 Å². The van der Waals surface area contributed by atoms with Gasteiger partial charge in [-0.25, -0.2) is 18.1 Å². The third-order valence-corrected chi connectivity index (χ3v) is 3.94. The molecule has 0 saturated carbocycles. The van der Waals surface area contributed by atoms with Gasteiger partial charge in [0.1, 0.15) is 6.04 Å². The largest absolute Gasteiger partial charge is 0.480 e. The number of hydrogen-bond donors (Lipinski definition) is 3. The highest BCUT2D eigenvalue weighted by Crippen LogP contribution is 2.21. The Morgan fingerprint density at radius 2 is 2.14 bits per heavy atom. The van der Waals surface area contributed by atoms with E-state index in [0.717, 1.165) is 0 Å². The number of aromatic nitrogens is 2. The molecule has 1 heterocycles. The molecule has 0 amide bonds. The monoisotopic (exact) mass is 329 g/mol. The molecular weight excluding hydrogens is 315 g/mol. The van der Waals surface area contributed by atoms with E-state index in [4.69, 9.17) is 5.11 Å². The zero-order valence-electron chi connectivity index (χ0n) is 10.7. The van der Waals surface area contributed by atoms with Gasteiger partial charge in [0.2, 0.25) is 10.0 Å². The summed E-state index contributed by atoms with van der Waals surface area (Å²) in [4.78, 5) is 17.3. The summed E-state index contributed by atoms with van der Waals surface area (Å²) in [7, 11) is -4.12. The number of carboxylic acid groups (broad SMARTS) is 1. The Kier molecular flexibility index (Phi) is 5.72. The second-order valence-corrected chi connectivity index (χ2v) is 6.20. The van der Waals surface area contributed by atoms with Crippen LogP contribution in [0.2, 0.25) is 0 Å². The second kappa shape index (κ2) is 6.89. The molecule has 0 unspecified atom stereocenters. The van der Waals surface area contributed by atoms with E-state index in [1.54, 1.807) is 0 Å². The molecule has 3 N–H and O–H groups in total. The van der Waals surface area contributed by atoms with Gasteiger partial charge in [-0.15, -0.1) is 0 Å². The van der Waals surface area contributed by atoms with Crippen LogP contribution in [0.15, 0.2) is 12.5 Å². The summed E-state index contributed by atoms with van der Waals surface area (Å²) in [6.45, 7) is 0. The van der Waals surface area contributed by atoms with Crippen LogP contribution in [0, 0.1) is 0 Å².